The summed E-state index contributed by atoms with van der Waals surface area (Å²) in [7, 11) is 2.04. The molecular weight excluding hydrogens is 176 g/mol. The fourth-order valence-electron chi connectivity index (χ4n) is 2.02. The molecule has 1 heterocycles. The van der Waals surface area contributed by atoms with Gasteiger partial charge in [0.2, 0.25) is 5.91 Å². The van der Waals surface area contributed by atoms with E-state index in [1.807, 2.05) is 31.3 Å². The molecule has 0 spiro atoms. The fraction of sp³-hybridized carbons (Fsp3) is 0.364. The van der Waals surface area contributed by atoms with Gasteiger partial charge in [-0.1, -0.05) is 18.2 Å². The number of carbonyl (C=O) groups is 1. The molecule has 1 atom stereocenters. The van der Waals surface area contributed by atoms with Gasteiger partial charge in [0.1, 0.15) is 0 Å². The van der Waals surface area contributed by atoms with Crippen LogP contribution in [-0.4, -0.2) is 19.5 Å². The number of carbonyl (C=O) groups excluding carboxylic acids is 1. The van der Waals surface area contributed by atoms with E-state index in [4.69, 9.17) is 5.73 Å². The molecule has 1 aliphatic heterocycles. The molecule has 0 fully saturated rings. The molecule has 0 saturated carbocycles. The lowest BCUT2D eigenvalue weighted by Crippen LogP contribution is -2.33. The minimum absolute atomic E-state index is 0.109. The van der Waals surface area contributed by atoms with E-state index in [9.17, 15) is 4.79 Å². The number of hydrogen-bond donors (Lipinski definition) is 1. The van der Waals surface area contributed by atoms with Gasteiger partial charge in [-0.2, -0.15) is 0 Å². The number of nitrogens with two attached hydrogens (primary N) is 1. The lowest BCUT2D eigenvalue weighted by atomic mass is 9.90. The van der Waals surface area contributed by atoms with Crippen molar-refractivity contribution in [3.63, 3.8) is 0 Å². The predicted octanol–water partition coefficient (Wildman–Crippen LogP) is 1.10. The summed E-state index contributed by atoms with van der Waals surface area (Å²) in [6.07, 6.45) is 0.822. The van der Waals surface area contributed by atoms with Crippen LogP contribution in [0.4, 0.5) is 5.69 Å². The van der Waals surface area contributed by atoms with Gasteiger partial charge in [-0.05, 0) is 18.1 Å². The molecule has 3 nitrogen and oxygen atoms in total. The molecule has 0 aliphatic carbocycles. The van der Waals surface area contributed by atoms with E-state index >= 15 is 0 Å². The van der Waals surface area contributed by atoms with Crippen molar-refractivity contribution < 1.29 is 4.79 Å². The van der Waals surface area contributed by atoms with E-state index in [0.717, 1.165) is 24.2 Å². The van der Waals surface area contributed by atoms with E-state index in [0.29, 0.717) is 0 Å². The maximum atomic E-state index is 11.2. The van der Waals surface area contributed by atoms with Crippen molar-refractivity contribution in [1.82, 2.24) is 0 Å². The molecule has 2 rings (SSSR count). The van der Waals surface area contributed by atoms with Gasteiger partial charge in [-0.15, -0.1) is 0 Å². The van der Waals surface area contributed by atoms with Crippen LogP contribution in [0.15, 0.2) is 24.3 Å². The fourth-order valence-corrected chi connectivity index (χ4v) is 2.02. The molecule has 1 amide bonds. The Morgan fingerprint density at radius 3 is 2.93 bits per heavy atom. The molecule has 0 saturated heterocycles. The molecule has 2 N–H and O–H groups in total. The van der Waals surface area contributed by atoms with Crippen LogP contribution in [0.3, 0.4) is 0 Å². The van der Waals surface area contributed by atoms with Crippen LogP contribution in [0, 0.1) is 0 Å². The first kappa shape index (κ1) is 9.06. The van der Waals surface area contributed by atoms with Crippen molar-refractivity contribution in [3.8, 4) is 0 Å². The first-order valence-electron chi connectivity index (χ1n) is 4.79. The summed E-state index contributed by atoms with van der Waals surface area (Å²) < 4.78 is 0. The lowest BCUT2D eigenvalue weighted by molar-refractivity contribution is -0.119. The van der Waals surface area contributed by atoms with Gasteiger partial charge in [-0.3, -0.25) is 4.79 Å². The predicted molar refractivity (Wildman–Crippen MR) is 56.3 cm³/mol. The summed E-state index contributed by atoms with van der Waals surface area (Å²) in [4.78, 5) is 13.4. The first-order chi connectivity index (χ1) is 6.70. The van der Waals surface area contributed by atoms with E-state index in [-0.39, 0.29) is 11.8 Å². The molecule has 0 aromatic heterocycles. The summed E-state index contributed by atoms with van der Waals surface area (Å²) in [6.45, 7) is 0.893. The van der Waals surface area contributed by atoms with Crippen LogP contribution in [-0.2, 0) is 4.79 Å². The topological polar surface area (TPSA) is 46.3 Å². The summed E-state index contributed by atoms with van der Waals surface area (Å²) in [5, 5.41) is 0. The van der Waals surface area contributed by atoms with E-state index in [2.05, 4.69) is 4.90 Å². The molecule has 1 aromatic carbocycles. The average molecular weight is 190 g/mol. The number of para-hydroxylation sites is 1. The maximum absolute atomic E-state index is 11.2. The first-order valence-corrected chi connectivity index (χ1v) is 4.79. The minimum atomic E-state index is -0.217. The Morgan fingerprint density at radius 2 is 2.21 bits per heavy atom. The number of rotatable bonds is 1. The Bertz CT molecular complexity index is 362. The van der Waals surface area contributed by atoms with Crippen LogP contribution < -0.4 is 10.6 Å². The highest BCUT2D eigenvalue weighted by Crippen LogP contribution is 2.33. The van der Waals surface area contributed by atoms with E-state index < -0.39 is 0 Å². The van der Waals surface area contributed by atoms with Crippen molar-refractivity contribution in [2.24, 2.45) is 5.73 Å². The van der Waals surface area contributed by atoms with Crippen molar-refractivity contribution in [2.45, 2.75) is 12.3 Å². The lowest BCUT2D eigenvalue weighted by Gasteiger charge is -2.31. The van der Waals surface area contributed by atoms with E-state index in [1.165, 1.54) is 0 Å². The molecule has 0 radical (unpaired) electrons. The highest BCUT2D eigenvalue weighted by Gasteiger charge is 2.26. The molecule has 1 unspecified atom stereocenters. The van der Waals surface area contributed by atoms with Gasteiger partial charge in [0.25, 0.3) is 0 Å². The van der Waals surface area contributed by atoms with Crippen LogP contribution in [0.1, 0.15) is 17.9 Å². The SMILES string of the molecule is CN1CCC(C(N)=O)c2ccccc21. The Morgan fingerprint density at radius 1 is 1.50 bits per heavy atom. The quantitative estimate of drug-likeness (QED) is 0.720. The maximum Gasteiger partial charge on any atom is 0.225 e. The number of primary amides is 1. The third-order valence-electron chi connectivity index (χ3n) is 2.82. The zero-order valence-corrected chi connectivity index (χ0v) is 8.23. The van der Waals surface area contributed by atoms with Crippen LogP contribution in [0.5, 0.6) is 0 Å². The zero-order chi connectivity index (χ0) is 10.1. The van der Waals surface area contributed by atoms with Gasteiger partial charge in [0.15, 0.2) is 0 Å². The van der Waals surface area contributed by atoms with Gasteiger partial charge in [0.05, 0.1) is 5.92 Å². The number of fused-ring (bicyclic) bond motifs is 1. The van der Waals surface area contributed by atoms with Crippen LogP contribution in [0.25, 0.3) is 0 Å². The van der Waals surface area contributed by atoms with Crippen molar-refractivity contribution in [1.29, 1.82) is 0 Å². The summed E-state index contributed by atoms with van der Waals surface area (Å²) >= 11 is 0. The molecule has 1 aliphatic rings. The second kappa shape index (κ2) is 3.33. The van der Waals surface area contributed by atoms with Gasteiger partial charge >= 0.3 is 0 Å². The smallest absolute Gasteiger partial charge is 0.225 e. The van der Waals surface area contributed by atoms with Crippen molar-refractivity contribution in [3.05, 3.63) is 29.8 Å². The Hall–Kier alpha value is -1.51. The number of nitrogens with zero attached hydrogens (tertiary/aromatic N) is 1. The molecule has 1 aromatic rings. The van der Waals surface area contributed by atoms with Crippen molar-refractivity contribution >= 4 is 11.6 Å². The third kappa shape index (κ3) is 1.35. The molecule has 14 heavy (non-hydrogen) atoms. The molecular formula is C11H14N2O. The molecule has 3 heteroatoms. The summed E-state index contributed by atoms with van der Waals surface area (Å²) in [6, 6.07) is 7.96. The number of amides is 1. The molecule has 0 bridgehead atoms. The van der Waals surface area contributed by atoms with Crippen molar-refractivity contribution in [2.75, 3.05) is 18.5 Å². The number of hydrogen-bond acceptors (Lipinski definition) is 2. The van der Waals surface area contributed by atoms with E-state index in [1.54, 1.807) is 0 Å². The Kier molecular flexibility index (Phi) is 2.15. The highest BCUT2D eigenvalue weighted by atomic mass is 16.1. The Balaban J connectivity index is 2.46. The zero-order valence-electron chi connectivity index (χ0n) is 8.23. The second-order valence-electron chi connectivity index (χ2n) is 3.72. The average Bonchev–Trinajstić information content (AvgIpc) is 2.18. The highest BCUT2D eigenvalue weighted by molar-refractivity contribution is 5.85. The van der Waals surface area contributed by atoms with Crippen LogP contribution >= 0.6 is 0 Å². The minimum Gasteiger partial charge on any atom is -0.374 e. The summed E-state index contributed by atoms with van der Waals surface area (Å²) in [5.41, 5.74) is 7.56. The van der Waals surface area contributed by atoms with Crippen LogP contribution in [0.2, 0.25) is 0 Å². The normalized spacial score (nSPS) is 20.4. The van der Waals surface area contributed by atoms with Gasteiger partial charge < -0.3 is 10.6 Å². The number of benzene rings is 1. The largest absolute Gasteiger partial charge is 0.374 e. The summed E-state index contributed by atoms with van der Waals surface area (Å²) in [5.74, 6) is -0.326. The van der Waals surface area contributed by atoms with Gasteiger partial charge in [-0.25, -0.2) is 0 Å². The third-order valence-corrected chi connectivity index (χ3v) is 2.82. The second-order valence-corrected chi connectivity index (χ2v) is 3.72. The number of anilines is 1. The Labute approximate surface area is 83.5 Å². The molecule has 74 valence electrons. The standard InChI is InChI=1S/C11H14N2O/c1-13-7-6-9(11(12)14)8-4-2-3-5-10(8)13/h2-5,9H,6-7H2,1H3,(H2,12,14). The van der Waals surface area contributed by atoms with Gasteiger partial charge in [0, 0.05) is 19.3 Å². The monoisotopic (exact) mass is 190 g/mol.